The third-order valence-electron chi connectivity index (χ3n) is 3.33. The van der Waals surface area contributed by atoms with E-state index >= 15 is 0 Å². The van der Waals surface area contributed by atoms with Gasteiger partial charge in [-0.2, -0.15) is 0 Å². The fourth-order valence-electron chi connectivity index (χ4n) is 1.98. The predicted molar refractivity (Wildman–Crippen MR) is 94.3 cm³/mol. The first kappa shape index (κ1) is 18.7. The van der Waals surface area contributed by atoms with Crippen molar-refractivity contribution in [2.24, 2.45) is 0 Å². The Labute approximate surface area is 150 Å². The number of hydrogen-bond donors (Lipinski definition) is 1. The van der Waals surface area contributed by atoms with Crippen LogP contribution in [-0.4, -0.2) is 18.0 Å². The van der Waals surface area contributed by atoms with E-state index in [1.165, 1.54) is 31.2 Å². The minimum Gasteiger partial charge on any atom is -0.449 e. The lowest BCUT2D eigenvalue weighted by Crippen LogP contribution is -2.35. The topological polar surface area (TPSA) is 55.4 Å². The number of carbonyl (C=O) groups excluding carboxylic acids is 2. The second-order valence-corrected chi connectivity index (χ2v) is 5.70. The van der Waals surface area contributed by atoms with Gasteiger partial charge in [0.2, 0.25) is 0 Å². The Morgan fingerprint density at radius 3 is 2.64 bits per heavy atom. The van der Waals surface area contributed by atoms with E-state index < -0.39 is 23.8 Å². The molecule has 0 unspecified atom stereocenters. The number of esters is 1. The quantitative estimate of drug-likeness (QED) is 0.630. The molecular weight excluding hydrogens is 345 g/mol. The molecule has 0 saturated heterocycles. The van der Waals surface area contributed by atoms with Crippen molar-refractivity contribution in [3.05, 3.63) is 76.6 Å². The van der Waals surface area contributed by atoms with E-state index in [9.17, 15) is 14.0 Å². The molecule has 1 atom stereocenters. The molecule has 25 heavy (non-hydrogen) atoms. The maximum absolute atomic E-state index is 13.1. The number of benzene rings is 2. The molecule has 0 heterocycles. The molecule has 1 N–H and O–H groups in total. The number of ether oxygens (including phenoxy) is 1. The first-order valence-corrected chi connectivity index (χ1v) is 7.99. The van der Waals surface area contributed by atoms with Gasteiger partial charge in [0.1, 0.15) is 5.82 Å². The summed E-state index contributed by atoms with van der Waals surface area (Å²) in [6, 6.07) is 13.5. The highest BCUT2D eigenvalue weighted by Gasteiger charge is 2.16. The summed E-state index contributed by atoms with van der Waals surface area (Å²) in [4.78, 5) is 23.7. The van der Waals surface area contributed by atoms with Crippen molar-refractivity contribution < 1.29 is 18.7 Å². The molecule has 0 aromatic heterocycles. The third kappa shape index (κ3) is 6.04. The van der Waals surface area contributed by atoms with Gasteiger partial charge in [-0.25, -0.2) is 9.18 Å². The van der Waals surface area contributed by atoms with Crippen LogP contribution in [0.3, 0.4) is 0 Å². The molecule has 0 saturated carbocycles. The number of nitrogens with one attached hydrogen (secondary N) is 1. The smallest absolute Gasteiger partial charge is 0.331 e. The Kier molecular flexibility index (Phi) is 6.71. The number of halogens is 2. The van der Waals surface area contributed by atoms with Gasteiger partial charge in [0.05, 0.1) is 5.02 Å². The minimum atomic E-state index is -0.933. The first-order valence-electron chi connectivity index (χ1n) is 7.61. The SMILES string of the molecule is C[C@H](OC(=O)/C=C/c1ccc(F)c(Cl)c1)C(=O)NCc1ccccc1. The summed E-state index contributed by atoms with van der Waals surface area (Å²) in [6.07, 6.45) is 1.66. The maximum Gasteiger partial charge on any atom is 0.331 e. The summed E-state index contributed by atoms with van der Waals surface area (Å²) in [5.74, 6) is -1.61. The fraction of sp³-hybridized carbons (Fsp3) is 0.158. The summed E-state index contributed by atoms with van der Waals surface area (Å²) in [5.41, 5.74) is 1.49. The Hall–Kier alpha value is -2.66. The predicted octanol–water partition coefficient (Wildman–Crippen LogP) is 3.74. The van der Waals surface area contributed by atoms with Gasteiger partial charge in [0, 0.05) is 12.6 Å². The molecule has 130 valence electrons. The normalized spacial score (nSPS) is 12.0. The van der Waals surface area contributed by atoms with Gasteiger partial charge in [-0.15, -0.1) is 0 Å². The average Bonchev–Trinajstić information content (AvgIpc) is 2.61. The van der Waals surface area contributed by atoms with Crippen molar-refractivity contribution >= 4 is 29.6 Å². The molecule has 6 heteroatoms. The molecule has 0 radical (unpaired) electrons. The molecule has 2 aromatic carbocycles. The lowest BCUT2D eigenvalue weighted by Gasteiger charge is -2.12. The van der Waals surface area contributed by atoms with E-state index in [4.69, 9.17) is 16.3 Å². The number of hydrogen-bond acceptors (Lipinski definition) is 3. The zero-order valence-corrected chi connectivity index (χ0v) is 14.3. The van der Waals surface area contributed by atoms with Gasteiger partial charge < -0.3 is 10.1 Å². The average molecular weight is 362 g/mol. The van der Waals surface area contributed by atoms with Gasteiger partial charge in [-0.1, -0.05) is 48.0 Å². The minimum absolute atomic E-state index is 0.0378. The largest absolute Gasteiger partial charge is 0.449 e. The Bertz CT molecular complexity index is 777. The number of rotatable bonds is 6. The van der Waals surface area contributed by atoms with Crippen LogP contribution in [0.1, 0.15) is 18.1 Å². The highest BCUT2D eigenvalue weighted by molar-refractivity contribution is 6.30. The Morgan fingerprint density at radius 1 is 1.24 bits per heavy atom. The lowest BCUT2D eigenvalue weighted by molar-refractivity contribution is -0.150. The van der Waals surface area contributed by atoms with Gasteiger partial charge in [0.25, 0.3) is 5.91 Å². The van der Waals surface area contributed by atoms with Crippen LogP contribution in [0.4, 0.5) is 4.39 Å². The van der Waals surface area contributed by atoms with Crippen molar-refractivity contribution in [1.29, 1.82) is 0 Å². The molecule has 4 nitrogen and oxygen atoms in total. The van der Waals surface area contributed by atoms with Crippen LogP contribution in [0.2, 0.25) is 5.02 Å². The van der Waals surface area contributed by atoms with Gasteiger partial charge in [0.15, 0.2) is 6.10 Å². The second-order valence-electron chi connectivity index (χ2n) is 5.29. The van der Waals surface area contributed by atoms with E-state index in [-0.39, 0.29) is 5.02 Å². The van der Waals surface area contributed by atoms with Crippen LogP contribution >= 0.6 is 11.6 Å². The zero-order chi connectivity index (χ0) is 18.2. The van der Waals surface area contributed by atoms with Crippen molar-refractivity contribution in [2.75, 3.05) is 0 Å². The zero-order valence-electron chi connectivity index (χ0n) is 13.5. The monoisotopic (exact) mass is 361 g/mol. The second kappa shape index (κ2) is 8.99. The van der Waals surface area contributed by atoms with E-state index in [0.717, 1.165) is 11.6 Å². The van der Waals surface area contributed by atoms with Crippen molar-refractivity contribution in [1.82, 2.24) is 5.32 Å². The molecule has 0 bridgehead atoms. The molecule has 0 spiro atoms. The highest BCUT2D eigenvalue weighted by atomic mass is 35.5. The third-order valence-corrected chi connectivity index (χ3v) is 3.62. The van der Waals surface area contributed by atoms with Crippen LogP contribution in [0.5, 0.6) is 0 Å². The van der Waals surface area contributed by atoms with Gasteiger partial charge in [-0.05, 0) is 36.3 Å². The summed E-state index contributed by atoms with van der Waals surface area (Å²) in [5, 5.41) is 2.65. The van der Waals surface area contributed by atoms with E-state index in [2.05, 4.69) is 5.32 Å². The molecule has 0 fully saturated rings. The van der Waals surface area contributed by atoms with Crippen LogP contribution in [-0.2, 0) is 20.9 Å². The summed E-state index contributed by atoms with van der Waals surface area (Å²) < 4.78 is 18.1. The summed E-state index contributed by atoms with van der Waals surface area (Å²) in [7, 11) is 0. The molecule has 2 rings (SSSR count). The molecule has 1 amide bonds. The molecular formula is C19H17ClFNO3. The molecule has 0 aliphatic rings. The van der Waals surface area contributed by atoms with Crippen LogP contribution in [0, 0.1) is 5.82 Å². The van der Waals surface area contributed by atoms with Crippen LogP contribution in [0.15, 0.2) is 54.6 Å². The van der Waals surface area contributed by atoms with Crippen LogP contribution in [0.25, 0.3) is 6.08 Å². The lowest BCUT2D eigenvalue weighted by atomic mass is 10.2. The fourth-order valence-corrected chi connectivity index (χ4v) is 2.17. The Morgan fingerprint density at radius 2 is 1.96 bits per heavy atom. The summed E-state index contributed by atoms with van der Waals surface area (Å²) in [6.45, 7) is 1.84. The van der Waals surface area contributed by atoms with Crippen LogP contribution < -0.4 is 5.32 Å². The highest BCUT2D eigenvalue weighted by Crippen LogP contribution is 2.16. The Balaban J connectivity index is 1.83. The number of amides is 1. The molecule has 0 aliphatic heterocycles. The summed E-state index contributed by atoms with van der Waals surface area (Å²) >= 11 is 5.66. The van der Waals surface area contributed by atoms with Crippen molar-refractivity contribution in [3.8, 4) is 0 Å². The van der Waals surface area contributed by atoms with E-state index in [1.54, 1.807) is 0 Å². The first-order chi connectivity index (χ1) is 12.0. The van der Waals surface area contributed by atoms with E-state index in [1.807, 2.05) is 30.3 Å². The maximum atomic E-state index is 13.1. The standard InChI is InChI=1S/C19H17ClFNO3/c1-13(19(24)22-12-15-5-3-2-4-6-15)25-18(23)10-8-14-7-9-17(21)16(20)11-14/h2-11,13H,12H2,1H3,(H,22,24)/b10-8+/t13-/m0/s1. The van der Waals surface area contributed by atoms with E-state index in [0.29, 0.717) is 12.1 Å². The van der Waals surface area contributed by atoms with Crippen molar-refractivity contribution in [2.45, 2.75) is 19.6 Å². The number of carbonyl (C=O) groups is 2. The molecule has 0 aliphatic carbocycles. The molecule has 2 aromatic rings. The van der Waals surface area contributed by atoms with Gasteiger partial charge in [-0.3, -0.25) is 4.79 Å². The van der Waals surface area contributed by atoms with Crippen molar-refractivity contribution in [3.63, 3.8) is 0 Å². The van der Waals surface area contributed by atoms with Gasteiger partial charge >= 0.3 is 5.97 Å².